The molecule has 0 aliphatic rings. The van der Waals surface area contributed by atoms with Crippen molar-refractivity contribution in [2.45, 2.75) is 19.4 Å². The maximum absolute atomic E-state index is 5.32. The molecule has 0 spiro atoms. The lowest BCUT2D eigenvalue weighted by molar-refractivity contribution is 0.413. The summed E-state index contributed by atoms with van der Waals surface area (Å²) in [6.07, 6.45) is 0.943. The lowest BCUT2D eigenvalue weighted by Crippen LogP contribution is -2.22. The number of methoxy groups -OCH3 is 1. The first-order valence-electron chi connectivity index (χ1n) is 6.43. The van der Waals surface area contributed by atoms with Gasteiger partial charge in [-0.1, -0.05) is 22.9 Å². The van der Waals surface area contributed by atoms with Crippen LogP contribution >= 0.6 is 49.9 Å². The third kappa shape index (κ3) is 4.19. The molecule has 1 N–H and O–H groups in total. The van der Waals surface area contributed by atoms with Crippen LogP contribution in [0.4, 0.5) is 0 Å². The van der Waals surface area contributed by atoms with Gasteiger partial charge in [0, 0.05) is 10.5 Å². The molecule has 2 rings (SSSR count). The average Bonchev–Trinajstić information content (AvgIpc) is 2.87. The van der Waals surface area contributed by atoms with E-state index in [1.54, 1.807) is 18.4 Å². The van der Waals surface area contributed by atoms with E-state index in [2.05, 4.69) is 74.3 Å². The van der Waals surface area contributed by atoms with E-state index in [0.717, 1.165) is 23.2 Å². The van der Waals surface area contributed by atoms with E-state index in [1.807, 2.05) is 6.07 Å². The average molecular weight is 466 g/mol. The molecule has 0 aliphatic heterocycles. The zero-order valence-electron chi connectivity index (χ0n) is 11.5. The molecule has 1 heterocycles. The molecule has 2 nitrogen and oxygen atoms in total. The van der Waals surface area contributed by atoms with E-state index >= 15 is 0 Å². The molecule has 0 aliphatic carbocycles. The van der Waals surface area contributed by atoms with E-state index in [-0.39, 0.29) is 0 Å². The van der Waals surface area contributed by atoms with E-state index in [0.29, 0.717) is 6.04 Å². The van der Waals surface area contributed by atoms with Crippen LogP contribution in [-0.2, 0) is 6.42 Å². The van der Waals surface area contributed by atoms with E-state index in [9.17, 15) is 0 Å². The Balaban J connectivity index is 2.23. The van der Waals surface area contributed by atoms with Crippen molar-refractivity contribution in [3.63, 3.8) is 0 Å². The first-order chi connectivity index (χ1) is 9.63. The highest BCUT2D eigenvalue weighted by atomic mass is 127. The van der Waals surface area contributed by atoms with Crippen molar-refractivity contribution in [3.8, 4) is 5.75 Å². The summed E-state index contributed by atoms with van der Waals surface area (Å²) in [6.45, 7) is 3.10. The predicted molar refractivity (Wildman–Crippen MR) is 97.9 cm³/mol. The lowest BCUT2D eigenvalue weighted by Gasteiger charge is -2.18. The van der Waals surface area contributed by atoms with E-state index < -0.39 is 0 Å². The SMILES string of the molecule is CCNC(Cc1cc(OC)ccc1Br)c1csc(I)c1. The van der Waals surface area contributed by atoms with Gasteiger partial charge in [-0.3, -0.25) is 0 Å². The Morgan fingerprint density at radius 3 is 2.80 bits per heavy atom. The van der Waals surface area contributed by atoms with Gasteiger partial charge in [0.2, 0.25) is 0 Å². The van der Waals surface area contributed by atoms with Gasteiger partial charge in [0.1, 0.15) is 5.75 Å². The molecule has 1 aromatic carbocycles. The number of hydrogen-bond acceptors (Lipinski definition) is 3. The monoisotopic (exact) mass is 465 g/mol. The number of hydrogen-bond donors (Lipinski definition) is 1. The lowest BCUT2D eigenvalue weighted by atomic mass is 10.0. The molecule has 108 valence electrons. The fourth-order valence-electron chi connectivity index (χ4n) is 2.11. The number of ether oxygens (including phenoxy) is 1. The maximum Gasteiger partial charge on any atom is 0.119 e. The Kier molecular flexibility index (Phi) is 6.32. The molecular weight excluding hydrogens is 449 g/mol. The fraction of sp³-hybridized carbons (Fsp3) is 0.333. The van der Waals surface area contributed by atoms with Crippen LogP contribution in [0.25, 0.3) is 0 Å². The summed E-state index contributed by atoms with van der Waals surface area (Å²) in [5.41, 5.74) is 2.62. The van der Waals surface area contributed by atoms with Crippen molar-refractivity contribution in [3.05, 3.63) is 48.1 Å². The third-order valence-electron chi connectivity index (χ3n) is 3.12. The zero-order valence-corrected chi connectivity index (χ0v) is 16.0. The van der Waals surface area contributed by atoms with Crippen LogP contribution in [0.3, 0.4) is 0 Å². The smallest absolute Gasteiger partial charge is 0.119 e. The van der Waals surface area contributed by atoms with Crippen molar-refractivity contribution < 1.29 is 4.74 Å². The highest BCUT2D eigenvalue weighted by Gasteiger charge is 2.15. The predicted octanol–water partition coefficient (Wildman–Crippen LogP) is 5.02. The Hall–Kier alpha value is -0.110. The van der Waals surface area contributed by atoms with Gasteiger partial charge in [-0.05, 0) is 76.3 Å². The molecule has 1 aromatic heterocycles. The van der Waals surface area contributed by atoms with Gasteiger partial charge < -0.3 is 10.1 Å². The Bertz CT molecular complexity index is 573. The summed E-state index contributed by atoms with van der Waals surface area (Å²) in [5, 5.41) is 5.81. The summed E-state index contributed by atoms with van der Waals surface area (Å²) in [7, 11) is 1.70. The van der Waals surface area contributed by atoms with Gasteiger partial charge in [0.05, 0.1) is 9.99 Å². The molecule has 5 heteroatoms. The topological polar surface area (TPSA) is 21.3 Å². The van der Waals surface area contributed by atoms with Crippen LogP contribution < -0.4 is 10.1 Å². The quantitative estimate of drug-likeness (QED) is 0.605. The molecule has 20 heavy (non-hydrogen) atoms. The minimum atomic E-state index is 0.336. The van der Waals surface area contributed by atoms with Crippen LogP contribution in [0.15, 0.2) is 34.1 Å². The van der Waals surface area contributed by atoms with Crippen LogP contribution in [0.1, 0.15) is 24.1 Å². The molecule has 0 radical (unpaired) electrons. The van der Waals surface area contributed by atoms with Gasteiger partial charge in [-0.15, -0.1) is 11.3 Å². The second-order valence-corrected chi connectivity index (χ2v) is 8.12. The number of nitrogens with one attached hydrogen (secondary N) is 1. The van der Waals surface area contributed by atoms with Crippen molar-refractivity contribution in [2.75, 3.05) is 13.7 Å². The molecule has 1 atom stereocenters. The van der Waals surface area contributed by atoms with Crippen LogP contribution in [0.2, 0.25) is 0 Å². The number of benzene rings is 1. The fourth-order valence-corrected chi connectivity index (χ4v) is 3.95. The second-order valence-electron chi connectivity index (χ2n) is 4.46. The van der Waals surface area contributed by atoms with Crippen molar-refractivity contribution >= 4 is 49.9 Å². The van der Waals surface area contributed by atoms with Crippen LogP contribution in [-0.4, -0.2) is 13.7 Å². The summed E-state index contributed by atoms with van der Waals surface area (Å²) in [6, 6.07) is 8.72. The van der Waals surface area contributed by atoms with Gasteiger partial charge in [0.15, 0.2) is 0 Å². The molecule has 0 fully saturated rings. The highest BCUT2D eigenvalue weighted by molar-refractivity contribution is 14.1. The summed E-state index contributed by atoms with van der Waals surface area (Å²) >= 11 is 7.80. The molecular formula is C15H17BrINOS. The van der Waals surface area contributed by atoms with Crippen molar-refractivity contribution in [1.29, 1.82) is 0 Å². The zero-order chi connectivity index (χ0) is 14.5. The Morgan fingerprint density at radius 1 is 1.40 bits per heavy atom. The molecule has 1 unspecified atom stereocenters. The van der Waals surface area contributed by atoms with E-state index in [4.69, 9.17) is 4.74 Å². The summed E-state index contributed by atoms with van der Waals surface area (Å²) in [5.74, 6) is 0.901. The number of rotatable bonds is 6. The summed E-state index contributed by atoms with van der Waals surface area (Å²) in [4.78, 5) is 0. The number of thiophene rings is 1. The third-order valence-corrected chi connectivity index (χ3v) is 5.70. The first-order valence-corrected chi connectivity index (χ1v) is 9.19. The van der Waals surface area contributed by atoms with Crippen LogP contribution in [0, 0.1) is 2.88 Å². The van der Waals surface area contributed by atoms with Crippen molar-refractivity contribution in [1.82, 2.24) is 5.32 Å². The normalized spacial score (nSPS) is 12.4. The van der Waals surface area contributed by atoms with Gasteiger partial charge >= 0.3 is 0 Å². The molecule has 0 amide bonds. The highest BCUT2D eigenvalue weighted by Crippen LogP contribution is 2.29. The van der Waals surface area contributed by atoms with Crippen molar-refractivity contribution in [2.24, 2.45) is 0 Å². The Morgan fingerprint density at radius 2 is 2.20 bits per heavy atom. The minimum Gasteiger partial charge on any atom is -0.497 e. The molecule has 2 aromatic rings. The molecule has 0 saturated carbocycles. The standard InChI is InChI=1S/C15H17BrINOS/c1-3-18-14(11-8-15(17)20-9-11)7-10-6-12(19-2)4-5-13(10)16/h4-6,8-9,14,18H,3,7H2,1-2H3. The number of halogens is 2. The number of likely N-dealkylation sites (N-methyl/N-ethyl adjacent to an activating group) is 1. The van der Waals surface area contributed by atoms with E-state index in [1.165, 1.54) is 14.0 Å². The molecule has 0 saturated heterocycles. The summed E-state index contributed by atoms with van der Waals surface area (Å²) < 4.78 is 7.78. The largest absolute Gasteiger partial charge is 0.497 e. The van der Waals surface area contributed by atoms with Gasteiger partial charge in [0.25, 0.3) is 0 Å². The van der Waals surface area contributed by atoms with Gasteiger partial charge in [-0.2, -0.15) is 0 Å². The molecule has 0 bridgehead atoms. The minimum absolute atomic E-state index is 0.336. The van der Waals surface area contributed by atoms with Gasteiger partial charge in [-0.25, -0.2) is 0 Å². The van der Waals surface area contributed by atoms with Crippen LogP contribution in [0.5, 0.6) is 5.75 Å². The maximum atomic E-state index is 5.32. The Labute approximate surface area is 146 Å². The second kappa shape index (κ2) is 7.77. The first kappa shape index (κ1) is 16.3.